The Bertz CT molecular complexity index is 311. The Morgan fingerprint density at radius 3 is 2.40 bits per heavy atom. The summed E-state index contributed by atoms with van der Waals surface area (Å²) in [6, 6.07) is 7.85. The summed E-state index contributed by atoms with van der Waals surface area (Å²) < 4.78 is 0. The van der Waals surface area contributed by atoms with Gasteiger partial charge in [-0.1, -0.05) is 56.5 Å². The van der Waals surface area contributed by atoms with Crippen molar-refractivity contribution in [2.45, 2.75) is 40.0 Å². The molecule has 0 bridgehead atoms. The SMILES string of the molecule is CCCC(C)CC(=O)c1ccc(C)cc1. The van der Waals surface area contributed by atoms with Crippen LogP contribution in [0.15, 0.2) is 24.3 Å². The number of carbonyl (C=O) groups excluding carboxylic acids is 1. The van der Waals surface area contributed by atoms with E-state index >= 15 is 0 Å². The lowest BCUT2D eigenvalue weighted by Crippen LogP contribution is -2.05. The molecule has 15 heavy (non-hydrogen) atoms. The highest BCUT2D eigenvalue weighted by Crippen LogP contribution is 2.14. The molecule has 1 rings (SSSR count). The van der Waals surface area contributed by atoms with Crippen LogP contribution in [0.3, 0.4) is 0 Å². The highest BCUT2D eigenvalue weighted by molar-refractivity contribution is 5.96. The minimum Gasteiger partial charge on any atom is -0.294 e. The third-order valence-corrected chi connectivity index (χ3v) is 2.69. The van der Waals surface area contributed by atoms with Gasteiger partial charge in [0.25, 0.3) is 0 Å². The minimum atomic E-state index is 0.274. The number of hydrogen-bond acceptors (Lipinski definition) is 1. The molecule has 1 nitrogen and oxygen atoms in total. The van der Waals surface area contributed by atoms with Crippen LogP contribution < -0.4 is 0 Å². The van der Waals surface area contributed by atoms with Crippen LogP contribution >= 0.6 is 0 Å². The molecular weight excluding hydrogens is 184 g/mol. The Morgan fingerprint density at radius 2 is 1.87 bits per heavy atom. The van der Waals surface area contributed by atoms with Crippen LogP contribution in [0.1, 0.15) is 49.0 Å². The van der Waals surface area contributed by atoms with E-state index in [0.717, 1.165) is 18.4 Å². The van der Waals surface area contributed by atoms with Crippen molar-refractivity contribution in [3.63, 3.8) is 0 Å². The van der Waals surface area contributed by atoms with Crippen molar-refractivity contribution >= 4 is 5.78 Å². The van der Waals surface area contributed by atoms with E-state index in [-0.39, 0.29) is 5.78 Å². The standard InChI is InChI=1S/C14H20O/c1-4-5-12(3)10-14(15)13-8-6-11(2)7-9-13/h6-9,12H,4-5,10H2,1-3H3. The van der Waals surface area contributed by atoms with Gasteiger partial charge in [0.05, 0.1) is 0 Å². The molecule has 0 aliphatic heterocycles. The molecule has 1 atom stereocenters. The van der Waals surface area contributed by atoms with Crippen molar-refractivity contribution < 1.29 is 4.79 Å². The molecule has 0 N–H and O–H groups in total. The Hall–Kier alpha value is -1.11. The first-order valence-corrected chi connectivity index (χ1v) is 5.73. The van der Waals surface area contributed by atoms with E-state index in [1.807, 2.05) is 31.2 Å². The molecule has 0 aliphatic carbocycles. The van der Waals surface area contributed by atoms with Crippen molar-refractivity contribution in [3.05, 3.63) is 35.4 Å². The number of Topliss-reactive ketones (excluding diaryl/α,β-unsaturated/α-hetero) is 1. The molecule has 1 unspecified atom stereocenters. The molecule has 0 heterocycles. The topological polar surface area (TPSA) is 17.1 Å². The maximum Gasteiger partial charge on any atom is 0.163 e. The van der Waals surface area contributed by atoms with Gasteiger partial charge in [-0.15, -0.1) is 0 Å². The zero-order chi connectivity index (χ0) is 11.3. The molecule has 0 aliphatic rings. The molecule has 1 aromatic rings. The fraction of sp³-hybridized carbons (Fsp3) is 0.500. The molecule has 0 saturated heterocycles. The summed E-state index contributed by atoms with van der Waals surface area (Å²) in [5.41, 5.74) is 2.05. The van der Waals surface area contributed by atoms with Crippen LogP contribution in [0.4, 0.5) is 0 Å². The lowest BCUT2D eigenvalue weighted by molar-refractivity contribution is 0.0962. The molecule has 0 aromatic heterocycles. The third kappa shape index (κ3) is 3.86. The van der Waals surface area contributed by atoms with E-state index in [1.54, 1.807) is 0 Å². The van der Waals surface area contributed by atoms with Gasteiger partial charge < -0.3 is 0 Å². The number of hydrogen-bond donors (Lipinski definition) is 0. The fourth-order valence-corrected chi connectivity index (χ4v) is 1.77. The summed E-state index contributed by atoms with van der Waals surface area (Å²) in [5, 5.41) is 0. The van der Waals surface area contributed by atoms with Crippen molar-refractivity contribution in [1.29, 1.82) is 0 Å². The average Bonchev–Trinajstić information content (AvgIpc) is 2.18. The van der Waals surface area contributed by atoms with Crippen LogP contribution in [0.25, 0.3) is 0 Å². The van der Waals surface area contributed by atoms with Gasteiger partial charge in [-0.05, 0) is 12.8 Å². The number of aryl methyl sites for hydroxylation is 1. The van der Waals surface area contributed by atoms with Gasteiger partial charge in [-0.3, -0.25) is 4.79 Å². The first-order valence-electron chi connectivity index (χ1n) is 5.73. The predicted molar refractivity (Wildman–Crippen MR) is 64.2 cm³/mol. The molecule has 0 fully saturated rings. The second-order valence-electron chi connectivity index (χ2n) is 4.39. The summed E-state index contributed by atoms with van der Waals surface area (Å²) >= 11 is 0. The molecule has 0 radical (unpaired) electrons. The Morgan fingerprint density at radius 1 is 1.27 bits per heavy atom. The molecule has 1 aromatic carbocycles. The molecule has 0 saturated carbocycles. The molecule has 0 amide bonds. The summed E-state index contributed by atoms with van der Waals surface area (Å²) in [6.07, 6.45) is 2.97. The zero-order valence-corrected chi connectivity index (χ0v) is 9.92. The van der Waals surface area contributed by atoms with E-state index in [2.05, 4.69) is 13.8 Å². The van der Waals surface area contributed by atoms with Crippen molar-refractivity contribution in [1.82, 2.24) is 0 Å². The maximum atomic E-state index is 11.8. The summed E-state index contributed by atoms with van der Waals surface area (Å²) in [6.45, 7) is 6.34. The molecule has 1 heteroatoms. The Labute approximate surface area is 92.5 Å². The third-order valence-electron chi connectivity index (χ3n) is 2.69. The monoisotopic (exact) mass is 204 g/mol. The van der Waals surface area contributed by atoms with E-state index in [4.69, 9.17) is 0 Å². The quantitative estimate of drug-likeness (QED) is 0.662. The van der Waals surface area contributed by atoms with Crippen molar-refractivity contribution in [2.24, 2.45) is 5.92 Å². The Kier molecular flexibility index (Phi) is 4.54. The maximum absolute atomic E-state index is 11.8. The van der Waals surface area contributed by atoms with Gasteiger partial charge in [-0.2, -0.15) is 0 Å². The second kappa shape index (κ2) is 5.69. The van der Waals surface area contributed by atoms with Gasteiger partial charge in [0.2, 0.25) is 0 Å². The van der Waals surface area contributed by atoms with E-state index in [0.29, 0.717) is 12.3 Å². The molecule has 82 valence electrons. The van der Waals surface area contributed by atoms with Gasteiger partial charge in [0.15, 0.2) is 5.78 Å². The van der Waals surface area contributed by atoms with E-state index < -0.39 is 0 Å². The number of rotatable bonds is 5. The van der Waals surface area contributed by atoms with Crippen molar-refractivity contribution in [2.75, 3.05) is 0 Å². The summed E-state index contributed by atoms with van der Waals surface area (Å²) in [7, 11) is 0. The predicted octanol–water partition coefficient (Wildman–Crippen LogP) is 4.00. The van der Waals surface area contributed by atoms with E-state index in [1.165, 1.54) is 5.56 Å². The van der Waals surface area contributed by atoms with Crippen LogP contribution in [0.2, 0.25) is 0 Å². The number of benzene rings is 1. The zero-order valence-electron chi connectivity index (χ0n) is 9.92. The Balaban J connectivity index is 2.57. The first kappa shape index (κ1) is 12.0. The van der Waals surface area contributed by atoms with Gasteiger partial charge in [0, 0.05) is 12.0 Å². The molecular formula is C14H20O. The van der Waals surface area contributed by atoms with Crippen LogP contribution in [-0.4, -0.2) is 5.78 Å². The number of ketones is 1. The van der Waals surface area contributed by atoms with Gasteiger partial charge in [0.1, 0.15) is 0 Å². The number of carbonyl (C=O) groups is 1. The van der Waals surface area contributed by atoms with Crippen molar-refractivity contribution in [3.8, 4) is 0 Å². The summed E-state index contributed by atoms with van der Waals surface area (Å²) in [5.74, 6) is 0.778. The fourth-order valence-electron chi connectivity index (χ4n) is 1.77. The van der Waals surface area contributed by atoms with Crippen LogP contribution in [-0.2, 0) is 0 Å². The minimum absolute atomic E-state index is 0.274. The lowest BCUT2D eigenvalue weighted by atomic mass is 9.96. The van der Waals surface area contributed by atoms with Gasteiger partial charge >= 0.3 is 0 Å². The highest BCUT2D eigenvalue weighted by atomic mass is 16.1. The highest BCUT2D eigenvalue weighted by Gasteiger charge is 2.10. The second-order valence-corrected chi connectivity index (χ2v) is 4.39. The van der Waals surface area contributed by atoms with Crippen LogP contribution in [0.5, 0.6) is 0 Å². The molecule has 0 spiro atoms. The lowest BCUT2D eigenvalue weighted by Gasteiger charge is -2.08. The average molecular weight is 204 g/mol. The van der Waals surface area contributed by atoms with E-state index in [9.17, 15) is 4.79 Å². The largest absolute Gasteiger partial charge is 0.294 e. The smallest absolute Gasteiger partial charge is 0.163 e. The van der Waals surface area contributed by atoms with Crippen LogP contribution in [0, 0.1) is 12.8 Å². The van der Waals surface area contributed by atoms with Gasteiger partial charge in [-0.25, -0.2) is 0 Å². The normalized spacial score (nSPS) is 12.5. The summed E-state index contributed by atoms with van der Waals surface area (Å²) in [4.78, 5) is 11.8. The first-order chi connectivity index (χ1) is 7.13.